The van der Waals surface area contributed by atoms with Crippen LogP contribution in [-0.2, 0) is 9.59 Å². The summed E-state index contributed by atoms with van der Waals surface area (Å²) < 4.78 is 0. The molecule has 2 aromatic carbocycles. The molecule has 0 aliphatic carbocycles. The van der Waals surface area contributed by atoms with Crippen LogP contribution in [0.4, 0.5) is 16.2 Å². The molecule has 0 bridgehead atoms. The third-order valence-electron chi connectivity index (χ3n) is 7.77. The fraction of sp³-hybridized carbons (Fsp3) is 0.455. The summed E-state index contributed by atoms with van der Waals surface area (Å²) in [6.07, 6.45) is 1.51. The van der Waals surface area contributed by atoms with E-state index in [2.05, 4.69) is 63.7 Å². The minimum absolute atomic E-state index is 0.117. The Hall–Kier alpha value is -5.02. The standard InChI is InChI=1S/C33H45N9O6/c1-5-41(6-2)17-9-15-34-28(43)22-19-23(29(44)35-16-10-18-42(7-3)8-4)21-24(20-22)30(45)36-25-11-13-26(14-12-25)39-40-27-31(46)37-33(48)38-32(27)47/h11-14,19-21,27H,5-10,15-18H2,1-4H3,(H,34,43)(H,35,44)(H,36,45)(H2,37,38,46,47,48). The Labute approximate surface area is 280 Å². The summed E-state index contributed by atoms with van der Waals surface area (Å²) in [7, 11) is 0. The van der Waals surface area contributed by atoms with Crippen molar-refractivity contribution in [2.75, 3.05) is 57.7 Å². The molecule has 2 aromatic rings. The summed E-state index contributed by atoms with van der Waals surface area (Å²) in [5.74, 6) is -3.10. The molecule has 0 radical (unpaired) electrons. The molecule has 258 valence electrons. The lowest BCUT2D eigenvalue weighted by Gasteiger charge is -2.18. The van der Waals surface area contributed by atoms with Crippen LogP contribution in [-0.4, -0.2) is 104 Å². The van der Waals surface area contributed by atoms with E-state index >= 15 is 0 Å². The third kappa shape index (κ3) is 11.3. The number of urea groups is 1. The number of rotatable bonds is 18. The third-order valence-corrected chi connectivity index (χ3v) is 7.77. The molecular weight excluding hydrogens is 618 g/mol. The maximum Gasteiger partial charge on any atom is 0.328 e. The van der Waals surface area contributed by atoms with E-state index in [9.17, 15) is 28.8 Å². The molecule has 1 heterocycles. The fourth-order valence-corrected chi connectivity index (χ4v) is 4.87. The Kier molecular flexibility index (Phi) is 14.8. The highest BCUT2D eigenvalue weighted by Gasteiger charge is 2.34. The van der Waals surface area contributed by atoms with Gasteiger partial charge in [0.15, 0.2) is 0 Å². The van der Waals surface area contributed by atoms with Crippen molar-refractivity contribution >= 4 is 46.9 Å². The van der Waals surface area contributed by atoms with E-state index in [-0.39, 0.29) is 34.2 Å². The second-order valence-electron chi connectivity index (χ2n) is 11.0. The molecule has 1 aliphatic heterocycles. The Morgan fingerprint density at radius 2 is 1.12 bits per heavy atom. The van der Waals surface area contributed by atoms with Gasteiger partial charge in [0.05, 0.1) is 5.69 Å². The number of amides is 7. The minimum atomic E-state index is -1.51. The fourth-order valence-electron chi connectivity index (χ4n) is 4.87. The van der Waals surface area contributed by atoms with Crippen molar-refractivity contribution < 1.29 is 28.8 Å². The minimum Gasteiger partial charge on any atom is -0.352 e. The van der Waals surface area contributed by atoms with E-state index in [1.54, 1.807) is 0 Å². The first-order chi connectivity index (χ1) is 23.1. The topological polar surface area (TPSA) is 194 Å². The Morgan fingerprint density at radius 3 is 1.56 bits per heavy atom. The predicted octanol–water partition coefficient (Wildman–Crippen LogP) is 2.68. The van der Waals surface area contributed by atoms with Crippen LogP contribution < -0.4 is 26.6 Å². The van der Waals surface area contributed by atoms with Crippen LogP contribution in [0, 0.1) is 0 Å². The van der Waals surface area contributed by atoms with Crippen LogP contribution in [0.2, 0.25) is 0 Å². The number of nitrogens with one attached hydrogen (secondary N) is 5. The van der Waals surface area contributed by atoms with E-state index in [0.717, 1.165) is 52.1 Å². The van der Waals surface area contributed by atoms with Crippen LogP contribution in [0.3, 0.4) is 0 Å². The molecule has 15 heteroatoms. The van der Waals surface area contributed by atoms with E-state index in [0.29, 0.717) is 18.8 Å². The molecule has 0 spiro atoms. The monoisotopic (exact) mass is 663 g/mol. The Morgan fingerprint density at radius 1 is 0.688 bits per heavy atom. The van der Waals surface area contributed by atoms with Gasteiger partial charge in [-0.25, -0.2) is 4.79 Å². The lowest BCUT2D eigenvalue weighted by atomic mass is 10.0. The SMILES string of the molecule is CCN(CC)CCCNC(=O)c1cc(C(=O)NCCCN(CC)CC)cc(C(=O)Nc2ccc(N=NC3C(=O)NC(=O)NC3=O)cc2)c1. The van der Waals surface area contributed by atoms with Gasteiger partial charge >= 0.3 is 6.03 Å². The first-order valence-electron chi connectivity index (χ1n) is 16.2. The molecule has 3 rings (SSSR count). The summed E-state index contributed by atoms with van der Waals surface area (Å²) in [4.78, 5) is 79.0. The number of hydrogen-bond acceptors (Lipinski definition) is 10. The summed E-state index contributed by atoms with van der Waals surface area (Å²) in [5, 5.41) is 20.0. The second-order valence-corrected chi connectivity index (χ2v) is 11.0. The van der Waals surface area contributed by atoms with Crippen molar-refractivity contribution in [1.29, 1.82) is 0 Å². The Bertz CT molecular complexity index is 1420. The average molecular weight is 664 g/mol. The summed E-state index contributed by atoms with van der Waals surface area (Å²) in [6, 6.07) is 8.01. The molecule has 5 N–H and O–H groups in total. The zero-order valence-electron chi connectivity index (χ0n) is 27.9. The first-order valence-corrected chi connectivity index (χ1v) is 16.2. The maximum atomic E-state index is 13.3. The quantitative estimate of drug-likeness (QED) is 0.0912. The van der Waals surface area contributed by atoms with Gasteiger partial charge in [-0.05, 0) is 94.6 Å². The molecule has 0 atom stereocenters. The van der Waals surface area contributed by atoms with Gasteiger partial charge in [-0.1, -0.05) is 27.7 Å². The average Bonchev–Trinajstić information content (AvgIpc) is 3.08. The van der Waals surface area contributed by atoms with Crippen molar-refractivity contribution in [3.8, 4) is 0 Å². The first kappa shape index (κ1) is 37.4. The number of carbonyl (C=O) groups is 6. The number of barbiturate groups is 1. The molecule has 0 saturated carbocycles. The molecule has 48 heavy (non-hydrogen) atoms. The molecule has 1 fully saturated rings. The van der Waals surface area contributed by atoms with Crippen LogP contribution >= 0.6 is 0 Å². The van der Waals surface area contributed by atoms with Crippen LogP contribution in [0.5, 0.6) is 0 Å². The number of benzene rings is 2. The molecule has 7 amide bonds. The van der Waals surface area contributed by atoms with E-state index in [4.69, 9.17) is 0 Å². The van der Waals surface area contributed by atoms with Gasteiger partial charge < -0.3 is 25.8 Å². The Balaban J connectivity index is 1.72. The lowest BCUT2D eigenvalue weighted by Crippen LogP contribution is -2.57. The van der Waals surface area contributed by atoms with E-state index in [1.807, 2.05) is 10.6 Å². The van der Waals surface area contributed by atoms with Crippen LogP contribution in [0.25, 0.3) is 0 Å². The lowest BCUT2D eigenvalue weighted by molar-refractivity contribution is -0.131. The molecular formula is C33H45N9O6. The normalized spacial score (nSPS) is 13.5. The zero-order valence-corrected chi connectivity index (χ0v) is 27.9. The largest absolute Gasteiger partial charge is 0.352 e. The van der Waals surface area contributed by atoms with Crippen molar-refractivity contribution in [1.82, 2.24) is 31.1 Å². The van der Waals surface area contributed by atoms with Crippen molar-refractivity contribution in [2.45, 2.75) is 46.6 Å². The summed E-state index contributed by atoms with van der Waals surface area (Å²) >= 11 is 0. The number of imide groups is 2. The van der Waals surface area contributed by atoms with Gasteiger partial charge in [0.1, 0.15) is 0 Å². The smallest absolute Gasteiger partial charge is 0.328 e. The predicted molar refractivity (Wildman–Crippen MR) is 180 cm³/mol. The van der Waals surface area contributed by atoms with Crippen molar-refractivity contribution in [3.05, 3.63) is 59.2 Å². The van der Waals surface area contributed by atoms with Gasteiger partial charge in [-0.15, -0.1) is 0 Å². The van der Waals surface area contributed by atoms with Crippen LogP contribution in [0.1, 0.15) is 71.6 Å². The number of carbonyl (C=O) groups excluding carboxylic acids is 6. The number of azo groups is 1. The van der Waals surface area contributed by atoms with E-state index in [1.165, 1.54) is 42.5 Å². The second kappa shape index (κ2) is 19.0. The molecule has 0 aromatic heterocycles. The van der Waals surface area contributed by atoms with Gasteiger partial charge in [-0.3, -0.25) is 34.6 Å². The van der Waals surface area contributed by atoms with E-state index < -0.39 is 29.8 Å². The molecule has 1 aliphatic rings. The highest BCUT2D eigenvalue weighted by molar-refractivity contribution is 6.19. The van der Waals surface area contributed by atoms with Gasteiger partial charge in [0, 0.05) is 35.5 Å². The molecule has 1 saturated heterocycles. The van der Waals surface area contributed by atoms with Gasteiger partial charge in [-0.2, -0.15) is 10.2 Å². The van der Waals surface area contributed by atoms with Crippen LogP contribution in [0.15, 0.2) is 52.7 Å². The number of hydrogen-bond donors (Lipinski definition) is 5. The van der Waals surface area contributed by atoms with Crippen molar-refractivity contribution in [3.63, 3.8) is 0 Å². The molecule has 15 nitrogen and oxygen atoms in total. The number of anilines is 1. The molecule has 0 unspecified atom stereocenters. The highest BCUT2D eigenvalue weighted by Crippen LogP contribution is 2.19. The van der Waals surface area contributed by atoms with Gasteiger partial charge in [0.25, 0.3) is 29.5 Å². The zero-order chi connectivity index (χ0) is 35.1. The van der Waals surface area contributed by atoms with Gasteiger partial charge in [0.2, 0.25) is 6.04 Å². The van der Waals surface area contributed by atoms with Crippen molar-refractivity contribution in [2.24, 2.45) is 10.2 Å². The highest BCUT2D eigenvalue weighted by atomic mass is 16.2. The number of nitrogens with zero attached hydrogens (tertiary/aromatic N) is 4. The maximum absolute atomic E-state index is 13.3. The summed E-state index contributed by atoms with van der Waals surface area (Å²) in [6.45, 7) is 14.6. The summed E-state index contributed by atoms with van der Waals surface area (Å²) in [5.41, 5.74) is 1.15.